The van der Waals surface area contributed by atoms with Gasteiger partial charge in [0.25, 0.3) is 0 Å². The SMILES string of the molecule is CC(C)N1CCC2(COc3ccccc32)C1. The fraction of sp³-hybridized carbons (Fsp3) is 0.571. The van der Waals surface area contributed by atoms with Crippen molar-refractivity contribution in [3.8, 4) is 5.75 Å². The first-order valence-corrected chi connectivity index (χ1v) is 6.18. The molecule has 1 aromatic carbocycles. The molecule has 2 heterocycles. The molecule has 2 nitrogen and oxygen atoms in total. The van der Waals surface area contributed by atoms with Crippen LogP contribution in [-0.4, -0.2) is 30.6 Å². The Morgan fingerprint density at radius 2 is 2.12 bits per heavy atom. The van der Waals surface area contributed by atoms with Crippen molar-refractivity contribution in [2.24, 2.45) is 0 Å². The van der Waals surface area contributed by atoms with Gasteiger partial charge in [-0.25, -0.2) is 0 Å². The molecule has 0 N–H and O–H groups in total. The summed E-state index contributed by atoms with van der Waals surface area (Å²) in [5, 5.41) is 0. The number of nitrogens with zero attached hydrogens (tertiary/aromatic N) is 1. The molecule has 0 bridgehead atoms. The van der Waals surface area contributed by atoms with Crippen LogP contribution >= 0.6 is 0 Å². The zero-order valence-electron chi connectivity index (χ0n) is 10.1. The highest BCUT2D eigenvalue weighted by Gasteiger charge is 2.45. The number of benzene rings is 1. The molecule has 3 rings (SSSR count). The second-order valence-electron chi connectivity index (χ2n) is 5.38. The summed E-state index contributed by atoms with van der Waals surface area (Å²) in [7, 11) is 0. The summed E-state index contributed by atoms with van der Waals surface area (Å²) in [6.07, 6.45) is 1.24. The number of ether oxygens (including phenoxy) is 1. The van der Waals surface area contributed by atoms with Crippen LogP contribution in [0.25, 0.3) is 0 Å². The van der Waals surface area contributed by atoms with Gasteiger partial charge in [0, 0.05) is 23.6 Å². The van der Waals surface area contributed by atoms with E-state index >= 15 is 0 Å². The fourth-order valence-electron chi connectivity index (χ4n) is 3.01. The summed E-state index contributed by atoms with van der Waals surface area (Å²) < 4.78 is 5.84. The maximum atomic E-state index is 5.84. The maximum absolute atomic E-state index is 5.84. The number of likely N-dealkylation sites (tertiary alicyclic amines) is 1. The first-order valence-electron chi connectivity index (χ1n) is 6.18. The number of rotatable bonds is 1. The lowest BCUT2D eigenvalue weighted by Gasteiger charge is -2.25. The van der Waals surface area contributed by atoms with Gasteiger partial charge in [0.15, 0.2) is 0 Å². The number of para-hydroxylation sites is 1. The summed E-state index contributed by atoms with van der Waals surface area (Å²) >= 11 is 0. The van der Waals surface area contributed by atoms with Crippen molar-refractivity contribution >= 4 is 0 Å². The standard InChI is InChI=1S/C14H19NO/c1-11(2)15-8-7-14(9-15)10-16-13-6-4-3-5-12(13)14/h3-6,11H,7-10H2,1-2H3. The van der Waals surface area contributed by atoms with Gasteiger partial charge in [-0.1, -0.05) is 18.2 Å². The van der Waals surface area contributed by atoms with Crippen molar-refractivity contribution in [3.05, 3.63) is 29.8 Å². The zero-order valence-corrected chi connectivity index (χ0v) is 10.1. The normalized spacial score (nSPS) is 28.7. The molecule has 16 heavy (non-hydrogen) atoms. The Labute approximate surface area is 97.2 Å². The summed E-state index contributed by atoms with van der Waals surface area (Å²) in [5.74, 6) is 1.10. The van der Waals surface area contributed by atoms with E-state index < -0.39 is 0 Å². The third-order valence-corrected chi connectivity index (χ3v) is 4.08. The monoisotopic (exact) mass is 217 g/mol. The van der Waals surface area contributed by atoms with Gasteiger partial charge in [-0.05, 0) is 32.9 Å². The lowest BCUT2D eigenvalue weighted by molar-refractivity contribution is 0.228. The predicted octanol–water partition coefficient (Wildman–Crippen LogP) is 2.43. The summed E-state index contributed by atoms with van der Waals surface area (Å²) in [5.41, 5.74) is 1.71. The van der Waals surface area contributed by atoms with Crippen LogP contribution in [0.1, 0.15) is 25.8 Å². The van der Waals surface area contributed by atoms with Crippen LogP contribution in [0.2, 0.25) is 0 Å². The van der Waals surface area contributed by atoms with Crippen molar-refractivity contribution in [2.75, 3.05) is 19.7 Å². The molecule has 1 unspecified atom stereocenters. The van der Waals surface area contributed by atoms with Crippen LogP contribution < -0.4 is 4.74 Å². The molecule has 0 radical (unpaired) electrons. The average Bonchev–Trinajstić information content (AvgIpc) is 2.87. The average molecular weight is 217 g/mol. The fourth-order valence-corrected chi connectivity index (χ4v) is 3.01. The number of hydrogen-bond acceptors (Lipinski definition) is 2. The van der Waals surface area contributed by atoms with Gasteiger partial charge in [-0.3, -0.25) is 4.90 Å². The Morgan fingerprint density at radius 1 is 1.31 bits per heavy atom. The van der Waals surface area contributed by atoms with Crippen LogP contribution in [0, 0.1) is 0 Å². The number of fused-ring (bicyclic) bond motifs is 2. The zero-order chi connectivity index (χ0) is 11.2. The van der Waals surface area contributed by atoms with Gasteiger partial charge in [-0.15, -0.1) is 0 Å². The molecule has 86 valence electrons. The molecule has 2 aliphatic heterocycles. The minimum absolute atomic E-state index is 0.279. The first kappa shape index (κ1) is 10.2. The molecular weight excluding hydrogens is 198 g/mol. The third kappa shape index (κ3) is 1.36. The second kappa shape index (κ2) is 3.49. The van der Waals surface area contributed by atoms with Crippen molar-refractivity contribution in [3.63, 3.8) is 0 Å². The Bertz CT molecular complexity index is 401. The maximum Gasteiger partial charge on any atom is 0.123 e. The Kier molecular flexibility index (Phi) is 2.21. The van der Waals surface area contributed by atoms with Crippen molar-refractivity contribution in [2.45, 2.75) is 31.7 Å². The smallest absolute Gasteiger partial charge is 0.123 e. The molecule has 1 fully saturated rings. The van der Waals surface area contributed by atoms with Crippen molar-refractivity contribution in [1.82, 2.24) is 4.90 Å². The summed E-state index contributed by atoms with van der Waals surface area (Å²) in [6, 6.07) is 9.18. The van der Waals surface area contributed by atoms with Crippen LogP contribution in [0.15, 0.2) is 24.3 Å². The number of hydrogen-bond donors (Lipinski definition) is 0. The van der Waals surface area contributed by atoms with E-state index in [4.69, 9.17) is 4.74 Å². The van der Waals surface area contributed by atoms with Gasteiger partial charge in [0.1, 0.15) is 5.75 Å². The van der Waals surface area contributed by atoms with Crippen LogP contribution in [0.5, 0.6) is 5.75 Å². The largest absolute Gasteiger partial charge is 0.492 e. The summed E-state index contributed by atoms with van der Waals surface area (Å²) in [4.78, 5) is 2.56. The van der Waals surface area contributed by atoms with E-state index in [2.05, 4.69) is 43.0 Å². The minimum atomic E-state index is 0.279. The predicted molar refractivity (Wildman–Crippen MR) is 64.9 cm³/mol. The molecule has 2 aliphatic rings. The van der Waals surface area contributed by atoms with E-state index in [0.29, 0.717) is 6.04 Å². The highest BCUT2D eigenvalue weighted by atomic mass is 16.5. The highest BCUT2D eigenvalue weighted by Crippen LogP contribution is 2.44. The van der Waals surface area contributed by atoms with Crippen molar-refractivity contribution < 1.29 is 4.74 Å². The van der Waals surface area contributed by atoms with E-state index in [1.54, 1.807) is 0 Å². The lowest BCUT2D eigenvalue weighted by Crippen LogP contribution is -2.35. The molecule has 1 atom stereocenters. The van der Waals surface area contributed by atoms with Gasteiger partial charge < -0.3 is 4.74 Å². The molecule has 1 aromatic rings. The Balaban J connectivity index is 1.92. The van der Waals surface area contributed by atoms with Crippen molar-refractivity contribution in [1.29, 1.82) is 0 Å². The Morgan fingerprint density at radius 3 is 2.88 bits per heavy atom. The second-order valence-corrected chi connectivity index (χ2v) is 5.38. The summed E-state index contributed by atoms with van der Waals surface area (Å²) in [6.45, 7) is 7.79. The van der Waals surface area contributed by atoms with Gasteiger partial charge in [-0.2, -0.15) is 0 Å². The van der Waals surface area contributed by atoms with Crippen LogP contribution in [0.4, 0.5) is 0 Å². The molecule has 0 amide bonds. The minimum Gasteiger partial charge on any atom is -0.492 e. The van der Waals surface area contributed by atoms with Crippen LogP contribution in [-0.2, 0) is 5.41 Å². The lowest BCUT2D eigenvalue weighted by atomic mass is 9.82. The first-order chi connectivity index (χ1) is 7.71. The topological polar surface area (TPSA) is 12.5 Å². The molecule has 2 heteroatoms. The van der Waals surface area contributed by atoms with E-state index in [1.807, 2.05) is 0 Å². The molecule has 0 aliphatic carbocycles. The van der Waals surface area contributed by atoms with Gasteiger partial charge in [0.2, 0.25) is 0 Å². The van der Waals surface area contributed by atoms with Gasteiger partial charge >= 0.3 is 0 Å². The quantitative estimate of drug-likeness (QED) is 0.716. The molecule has 0 saturated carbocycles. The molecule has 0 aromatic heterocycles. The van der Waals surface area contributed by atoms with E-state index in [0.717, 1.165) is 18.9 Å². The highest BCUT2D eigenvalue weighted by molar-refractivity contribution is 5.44. The van der Waals surface area contributed by atoms with E-state index in [1.165, 1.54) is 18.5 Å². The van der Waals surface area contributed by atoms with Crippen LogP contribution in [0.3, 0.4) is 0 Å². The van der Waals surface area contributed by atoms with E-state index in [9.17, 15) is 0 Å². The Hall–Kier alpha value is -1.02. The molecule has 1 saturated heterocycles. The molecular formula is C14H19NO. The molecule has 1 spiro atoms. The third-order valence-electron chi connectivity index (χ3n) is 4.08. The van der Waals surface area contributed by atoms with Gasteiger partial charge in [0.05, 0.1) is 6.61 Å². The van der Waals surface area contributed by atoms with E-state index in [-0.39, 0.29) is 5.41 Å².